The van der Waals surface area contributed by atoms with Crippen LogP contribution in [0.3, 0.4) is 0 Å². The second-order valence-corrected chi connectivity index (χ2v) is 7.14. The first kappa shape index (κ1) is 21.1. The Labute approximate surface area is 188 Å². The quantitative estimate of drug-likeness (QED) is 0.428. The number of anilines is 3. The van der Waals surface area contributed by atoms with Crippen molar-refractivity contribution in [3.05, 3.63) is 48.9 Å². The summed E-state index contributed by atoms with van der Waals surface area (Å²) in [5.74, 6) is 1.08. The van der Waals surface area contributed by atoms with Crippen molar-refractivity contribution in [1.29, 1.82) is 0 Å². The minimum absolute atomic E-state index is 0. The number of amides is 2. The van der Waals surface area contributed by atoms with Crippen LogP contribution in [-0.4, -0.2) is 49.5 Å². The van der Waals surface area contributed by atoms with Gasteiger partial charge >= 0.3 is 6.03 Å². The number of hydrogen-bond donors (Lipinski definition) is 2. The second-order valence-electron chi connectivity index (χ2n) is 7.14. The Hall–Kier alpha value is -4.12. The summed E-state index contributed by atoms with van der Waals surface area (Å²) < 4.78 is 8.51. The Morgan fingerprint density at radius 1 is 1.06 bits per heavy atom. The summed E-state index contributed by atoms with van der Waals surface area (Å²) in [6.45, 7) is 0. The summed E-state index contributed by atoms with van der Waals surface area (Å²) >= 11 is 0. The number of nitrogens with one attached hydrogen (secondary N) is 2. The van der Waals surface area contributed by atoms with Crippen molar-refractivity contribution in [3.8, 4) is 11.6 Å². The van der Waals surface area contributed by atoms with Crippen LogP contribution in [0.2, 0.25) is 0 Å². The van der Waals surface area contributed by atoms with Gasteiger partial charge in [-0.3, -0.25) is 10.00 Å². The largest absolute Gasteiger partial charge is 0.461 e. The maximum Gasteiger partial charge on any atom is 0.326 e. The van der Waals surface area contributed by atoms with Crippen LogP contribution in [0.15, 0.2) is 53.3 Å². The van der Waals surface area contributed by atoms with Gasteiger partial charge in [0.15, 0.2) is 17.1 Å². The van der Waals surface area contributed by atoms with Crippen molar-refractivity contribution in [2.45, 2.75) is 0 Å². The second kappa shape index (κ2) is 8.19. The molecule has 1 aromatic carbocycles. The monoisotopic (exact) mass is 453 g/mol. The molecule has 0 aliphatic heterocycles. The summed E-state index contributed by atoms with van der Waals surface area (Å²) in [6.07, 6.45) is 3.35. The summed E-state index contributed by atoms with van der Waals surface area (Å²) in [7, 11) is 5.70. The highest BCUT2D eigenvalue weighted by molar-refractivity contribution is 6.00. The molecule has 11 nitrogen and oxygen atoms in total. The first-order valence-electron chi connectivity index (χ1n) is 9.47. The number of nitrogens with zero attached hydrogens (tertiary/aromatic N) is 7. The zero-order valence-corrected chi connectivity index (χ0v) is 18.3. The van der Waals surface area contributed by atoms with Gasteiger partial charge in [0.2, 0.25) is 11.8 Å². The molecule has 2 N–H and O–H groups in total. The van der Waals surface area contributed by atoms with Gasteiger partial charge in [-0.25, -0.2) is 9.78 Å². The molecule has 0 fully saturated rings. The molecule has 0 saturated heterocycles. The fraction of sp³-hybridized carbons (Fsp3) is 0.150. The van der Waals surface area contributed by atoms with Crippen LogP contribution in [0, 0.1) is 0 Å². The topological polar surface area (TPSA) is 118 Å². The molecule has 12 heteroatoms. The summed E-state index contributed by atoms with van der Waals surface area (Å²) in [6, 6.07) is 10.5. The van der Waals surface area contributed by atoms with Crippen molar-refractivity contribution >= 4 is 52.4 Å². The van der Waals surface area contributed by atoms with Crippen LogP contribution in [0.4, 0.5) is 22.1 Å². The molecule has 5 aromatic rings. The molecule has 0 saturated carbocycles. The highest BCUT2D eigenvalue weighted by Crippen LogP contribution is 2.24. The fourth-order valence-corrected chi connectivity index (χ4v) is 3.20. The van der Waals surface area contributed by atoms with E-state index < -0.39 is 6.03 Å². The van der Waals surface area contributed by atoms with E-state index >= 15 is 0 Å². The third-order valence-corrected chi connectivity index (χ3v) is 4.68. The molecule has 0 bridgehead atoms. The van der Waals surface area contributed by atoms with E-state index in [0.29, 0.717) is 34.0 Å². The summed E-state index contributed by atoms with van der Waals surface area (Å²) in [5, 5.41) is 15.0. The Kier molecular flexibility index (Phi) is 5.41. The molecular weight excluding hydrogens is 434 g/mol. The van der Waals surface area contributed by atoms with Gasteiger partial charge in [-0.1, -0.05) is 0 Å². The van der Waals surface area contributed by atoms with Crippen molar-refractivity contribution in [3.63, 3.8) is 0 Å². The predicted molar refractivity (Wildman–Crippen MR) is 123 cm³/mol. The van der Waals surface area contributed by atoms with Crippen LogP contribution >= 0.6 is 12.4 Å². The third kappa shape index (κ3) is 3.81. The van der Waals surface area contributed by atoms with Crippen molar-refractivity contribution in [2.24, 2.45) is 7.05 Å². The van der Waals surface area contributed by atoms with Gasteiger partial charge in [-0.05, 0) is 36.4 Å². The molecule has 4 heterocycles. The average molecular weight is 454 g/mol. The first-order chi connectivity index (χ1) is 15.0. The van der Waals surface area contributed by atoms with E-state index in [0.717, 1.165) is 5.69 Å². The van der Waals surface area contributed by atoms with E-state index in [1.165, 1.54) is 4.52 Å². The van der Waals surface area contributed by atoms with Gasteiger partial charge in [-0.2, -0.15) is 14.6 Å². The number of hydrogen-bond acceptors (Lipinski definition) is 7. The molecule has 0 radical (unpaired) electrons. The number of urea groups is 1. The summed E-state index contributed by atoms with van der Waals surface area (Å²) in [4.78, 5) is 23.6. The van der Waals surface area contributed by atoms with Gasteiger partial charge < -0.3 is 14.6 Å². The van der Waals surface area contributed by atoms with Gasteiger partial charge in [0.25, 0.3) is 0 Å². The number of aromatic nitrogens is 6. The van der Waals surface area contributed by atoms with E-state index in [2.05, 4.69) is 30.8 Å². The van der Waals surface area contributed by atoms with Crippen LogP contribution in [0.1, 0.15) is 0 Å². The number of furan rings is 1. The molecule has 32 heavy (non-hydrogen) atoms. The molecule has 4 aromatic heterocycles. The van der Waals surface area contributed by atoms with Crippen molar-refractivity contribution in [2.75, 3.05) is 29.6 Å². The van der Waals surface area contributed by atoms with Gasteiger partial charge in [0.1, 0.15) is 0 Å². The zero-order chi connectivity index (χ0) is 21.5. The SMILES string of the molecule is CN(C)c1ccc(NC(=O)Nc2nc3nn(C)cc3c3nc(-c4ccco4)nn23)cc1.Cl. The van der Waals surface area contributed by atoms with E-state index in [-0.39, 0.29) is 18.4 Å². The maximum absolute atomic E-state index is 12.6. The van der Waals surface area contributed by atoms with Crippen LogP contribution in [0.25, 0.3) is 28.3 Å². The third-order valence-electron chi connectivity index (χ3n) is 4.68. The van der Waals surface area contributed by atoms with Crippen LogP contribution < -0.4 is 15.5 Å². The normalized spacial score (nSPS) is 10.8. The fourth-order valence-electron chi connectivity index (χ4n) is 3.20. The first-order valence-corrected chi connectivity index (χ1v) is 9.47. The smallest absolute Gasteiger partial charge is 0.326 e. The molecule has 164 valence electrons. The molecule has 0 atom stereocenters. The van der Waals surface area contributed by atoms with E-state index in [9.17, 15) is 4.79 Å². The molecule has 0 aliphatic carbocycles. The van der Waals surface area contributed by atoms with Crippen LogP contribution in [0.5, 0.6) is 0 Å². The van der Waals surface area contributed by atoms with Gasteiger partial charge in [-0.15, -0.1) is 17.5 Å². The molecule has 5 rings (SSSR count). The summed E-state index contributed by atoms with van der Waals surface area (Å²) in [5.41, 5.74) is 2.63. The molecule has 2 amide bonds. The van der Waals surface area contributed by atoms with Gasteiger partial charge in [0, 0.05) is 38.7 Å². The highest BCUT2D eigenvalue weighted by Gasteiger charge is 2.19. The standard InChI is InChI=1S/C20H19N9O2.ClH/c1-27(2)13-8-6-12(7-9-13)21-20(30)24-19-23-16-14(11-28(3)25-16)18-22-17(26-29(18)19)15-5-4-10-31-15;/h4-11H,1-3H3,(H2,21,23,24,25,30);1H. The van der Waals surface area contributed by atoms with Crippen molar-refractivity contribution < 1.29 is 9.21 Å². The number of rotatable bonds is 4. The van der Waals surface area contributed by atoms with Gasteiger partial charge in [0.05, 0.1) is 11.6 Å². The Bertz CT molecular complexity index is 1390. The number of fused-ring (bicyclic) bond motifs is 3. The van der Waals surface area contributed by atoms with E-state index in [1.807, 2.05) is 43.3 Å². The lowest BCUT2D eigenvalue weighted by Gasteiger charge is -2.13. The van der Waals surface area contributed by atoms with Crippen LogP contribution in [-0.2, 0) is 7.05 Å². The van der Waals surface area contributed by atoms with Crippen molar-refractivity contribution in [1.82, 2.24) is 29.4 Å². The molecule has 0 spiro atoms. The molecule has 0 unspecified atom stereocenters. The van der Waals surface area contributed by atoms with E-state index in [4.69, 9.17) is 4.42 Å². The average Bonchev–Trinajstić information content (AvgIpc) is 3.47. The van der Waals surface area contributed by atoms with E-state index in [1.54, 1.807) is 36.3 Å². The minimum Gasteiger partial charge on any atom is -0.461 e. The highest BCUT2D eigenvalue weighted by atomic mass is 35.5. The number of benzene rings is 1. The number of carbonyl (C=O) groups is 1. The number of aryl methyl sites for hydroxylation is 1. The number of carbonyl (C=O) groups excluding carboxylic acids is 1. The molecular formula is C20H20ClN9O2. The Balaban J connectivity index is 0.00000245. The minimum atomic E-state index is -0.461. The Morgan fingerprint density at radius 3 is 2.53 bits per heavy atom. The lowest BCUT2D eigenvalue weighted by atomic mass is 10.2. The lowest BCUT2D eigenvalue weighted by Crippen LogP contribution is -2.22. The molecule has 0 aliphatic rings. The lowest BCUT2D eigenvalue weighted by molar-refractivity contribution is 0.262. The zero-order valence-electron chi connectivity index (χ0n) is 17.5. The maximum atomic E-state index is 12.6. The Morgan fingerprint density at radius 2 is 1.84 bits per heavy atom. The number of halogens is 1. The predicted octanol–water partition coefficient (Wildman–Crippen LogP) is 3.40.